The van der Waals surface area contributed by atoms with Gasteiger partial charge in [0.25, 0.3) is 0 Å². The van der Waals surface area contributed by atoms with Gasteiger partial charge in [-0.15, -0.1) is 0 Å². The summed E-state index contributed by atoms with van der Waals surface area (Å²) in [6.45, 7) is 16.1. The van der Waals surface area contributed by atoms with Crippen molar-refractivity contribution in [3.8, 4) is 11.1 Å². The second-order valence-electron chi connectivity index (χ2n) is 14.1. The molecule has 8 rings (SSSR count). The third-order valence-corrected chi connectivity index (χ3v) is 9.68. The highest BCUT2D eigenvalue weighted by Gasteiger charge is 2.43. The van der Waals surface area contributed by atoms with Gasteiger partial charge in [0.1, 0.15) is 0 Å². The second-order valence-corrected chi connectivity index (χ2v) is 14.1. The van der Waals surface area contributed by atoms with Gasteiger partial charge in [0, 0.05) is 44.6 Å². The molecule has 0 N–H and O–H groups in total. The lowest BCUT2D eigenvalue weighted by molar-refractivity contribution is 0.590. The van der Waals surface area contributed by atoms with E-state index in [1.807, 2.05) is 0 Å². The molecule has 0 amide bonds. The summed E-state index contributed by atoms with van der Waals surface area (Å²) in [4.78, 5) is 7.52. The molecule has 3 nitrogen and oxygen atoms in total. The molecular formula is C39H38BN3. The first-order valence-electron chi connectivity index (χ1n) is 15.7. The van der Waals surface area contributed by atoms with Crippen molar-refractivity contribution in [2.45, 2.75) is 65.7 Å². The average molecular weight is 560 g/mol. The molecule has 0 bridgehead atoms. The van der Waals surface area contributed by atoms with Crippen LogP contribution in [0.1, 0.15) is 77.1 Å². The fourth-order valence-corrected chi connectivity index (χ4v) is 7.35. The third-order valence-electron chi connectivity index (χ3n) is 9.68. The fraction of sp³-hybridized carbons (Fsp3) is 0.256. The number of hydrogen-bond acceptors (Lipinski definition) is 2. The molecule has 4 heterocycles. The van der Waals surface area contributed by atoms with Crippen LogP contribution in [0.25, 0.3) is 32.9 Å². The van der Waals surface area contributed by atoms with Gasteiger partial charge in [-0.1, -0.05) is 90.9 Å². The molecule has 2 aromatic heterocycles. The Hall–Kier alpha value is -4.31. The molecule has 4 heteroatoms. The normalized spacial score (nSPS) is 13.8. The van der Waals surface area contributed by atoms with Crippen molar-refractivity contribution in [3.05, 3.63) is 108 Å². The molecule has 2 aliphatic rings. The van der Waals surface area contributed by atoms with Gasteiger partial charge in [0.05, 0.1) is 11.7 Å². The van der Waals surface area contributed by atoms with E-state index in [0.717, 1.165) is 5.69 Å². The smallest absolute Gasteiger partial charge is 0.333 e. The average Bonchev–Trinajstić information content (AvgIpc) is 3.32. The Morgan fingerprint density at radius 3 is 2.23 bits per heavy atom. The van der Waals surface area contributed by atoms with Crippen LogP contribution in [-0.2, 0) is 5.41 Å². The minimum atomic E-state index is 0.0382. The van der Waals surface area contributed by atoms with Crippen molar-refractivity contribution in [1.29, 1.82) is 0 Å². The summed E-state index contributed by atoms with van der Waals surface area (Å²) in [6.07, 6.45) is 2.14. The van der Waals surface area contributed by atoms with Gasteiger partial charge in [-0.2, -0.15) is 0 Å². The number of nitrogens with zero attached hydrogens (tertiary/aromatic N) is 3. The third kappa shape index (κ3) is 3.72. The number of para-hydroxylation sites is 1. The Kier molecular flexibility index (Phi) is 5.57. The molecule has 2 aliphatic heterocycles. The van der Waals surface area contributed by atoms with E-state index in [4.69, 9.17) is 4.98 Å². The highest BCUT2D eigenvalue weighted by atomic mass is 15.2. The summed E-state index contributed by atoms with van der Waals surface area (Å²) in [5.41, 5.74) is 15.5. The van der Waals surface area contributed by atoms with Crippen molar-refractivity contribution in [1.82, 2.24) is 9.46 Å². The van der Waals surface area contributed by atoms with Gasteiger partial charge >= 0.3 is 6.85 Å². The number of rotatable bonds is 3. The summed E-state index contributed by atoms with van der Waals surface area (Å²) < 4.78 is 2.62. The summed E-state index contributed by atoms with van der Waals surface area (Å²) >= 11 is 0. The molecule has 212 valence electrons. The standard InChI is InChI=1S/C39H38BN3/c1-23(2)25-18-30-28-14-11-15-34-37(28)40(43-36-22-41-33(24(3)4)21-29(36)31(19-25)38(30)43)32-17-16-26(39(5,6)7)20-35(32)42(34)27-12-9-8-10-13-27/h8-24H,1-7H3. The number of benzene rings is 4. The van der Waals surface area contributed by atoms with Gasteiger partial charge < -0.3 is 9.38 Å². The summed E-state index contributed by atoms with van der Waals surface area (Å²) in [5, 5.41) is 2.65. The zero-order chi connectivity index (χ0) is 29.8. The van der Waals surface area contributed by atoms with Crippen molar-refractivity contribution in [2.24, 2.45) is 0 Å². The Labute approximate surface area is 255 Å². The first-order valence-corrected chi connectivity index (χ1v) is 15.7. The molecule has 0 unspecified atom stereocenters. The lowest BCUT2D eigenvalue weighted by atomic mass is 9.45. The van der Waals surface area contributed by atoms with Gasteiger partial charge in [-0.3, -0.25) is 4.98 Å². The Morgan fingerprint density at radius 2 is 1.51 bits per heavy atom. The molecule has 43 heavy (non-hydrogen) atoms. The number of anilines is 3. The van der Waals surface area contributed by atoms with E-state index in [9.17, 15) is 0 Å². The maximum absolute atomic E-state index is 5.02. The van der Waals surface area contributed by atoms with Crippen molar-refractivity contribution in [2.75, 3.05) is 4.90 Å². The molecule has 0 spiro atoms. The predicted molar refractivity (Wildman–Crippen MR) is 185 cm³/mol. The van der Waals surface area contributed by atoms with Gasteiger partial charge in [0.2, 0.25) is 0 Å². The minimum Gasteiger partial charge on any atom is -0.374 e. The van der Waals surface area contributed by atoms with Crippen molar-refractivity contribution >= 4 is 56.6 Å². The van der Waals surface area contributed by atoms with Crippen molar-refractivity contribution < 1.29 is 0 Å². The molecular weight excluding hydrogens is 521 g/mol. The zero-order valence-corrected chi connectivity index (χ0v) is 26.2. The number of fused-ring (bicyclic) bond motifs is 7. The molecule has 6 aromatic rings. The van der Waals surface area contributed by atoms with Crippen LogP contribution in [0, 0.1) is 0 Å². The van der Waals surface area contributed by atoms with Crippen LogP contribution in [0.15, 0.2) is 91.1 Å². The van der Waals surface area contributed by atoms with E-state index in [1.165, 1.54) is 72.0 Å². The second kappa shape index (κ2) is 9.10. The highest BCUT2D eigenvalue weighted by Crippen LogP contribution is 2.46. The molecule has 0 atom stereocenters. The summed E-state index contributed by atoms with van der Waals surface area (Å²) in [5.74, 6) is 0.801. The van der Waals surface area contributed by atoms with Crippen LogP contribution in [0.4, 0.5) is 17.1 Å². The molecule has 0 radical (unpaired) electrons. The van der Waals surface area contributed by atoms with E-state index in [2.05, 4.69) is 149 Å². The van der Waals surface area contributed by atoms with Crippen molar-refractivity contribution in [3.63, 3.8) is 0 Å². The molecule has 0 saturated heterocycles. The molecule has 0 fully saturated rings. The van der Waals surface area contributed by atoms with E-state index in [1.54, 1.807) is 0 Å². The van der Waals surface area contributed by atoms with Gasteiger partial charge in [0.15, 0.2) is 0 Å². The largest absolute Gasteiger partial charge is 0.374 e. The topological polar surface area (TPSA) is 21.1 Å². The molecule has 0 aliphatic carbocycles. The number of pyridine rings is 1. The number of aromatic nitrogens is 2. The minimum absolute atomic E-state index is 0.0382. The quantitative estimate of drug-likeness (QED) is 0.201. The van der Waals surface area contributed by atoms with E-state index in [0.29, 0.717) is 11.8 Å². The van der Waals surface area contributed by atoms with Crippen LogP contribution in [0.5, 0.6) is 0 Å². The Balaban J connectivity index is 1.54. The predicted octanol–water partition coefficient (Wildman–Crippen LogP) is 9.15. The lowest BCUT2D eigenvalue weighted by Crippen LogP contribution is -2.56. The SMILES string of the molecule is CC(C)c1cc2c3c(c1)c1cc(C(C)C)ncc1n3B1c3ccc(C(C)(C)C)cc3N(c3ccccc3)c3cccc-2c31. The highest BCUT2D eigenvalue weighted by molar-refractivity contribution is 6.90. The first kappa shape index (κ1) is 26.3. The van der Waals surface area contributed by atoms with E-state index >= 15 is 0 Å². The van der Waals surface area contributed by atoms with E-state index < -0.39 is 0 Å². The fourth-order valence-electron chi connectivity index (χ4n) is 7.35. The molecule has 0 saturated carbocycles. The van der Waals surface area contributed by atoms with Gasteiger partial charge in [-0.25, -0.2) is 0 Å². The maximum atomic E-state index is 5.02. The van der Waals surface area contributed by atoms with Crippen LogP contribution in [0.3, 0.4) is 0 Å². The van der Waals surface area contributed by atoms with Crippen LogP contribution < -0.4 is 15.8 Å². The van der Waals surface area contributed by atoms with Gasteiger partial charge in [-0.05, 0) is 87.3 Å². The summed E-state index contributed by atoms with van der Waals surface area (Å²) in [7, 11) is 0. The molecule has 4 aromatic carbocycles. The van der Waals surface area contributed by atoms with Crippen LogP contribution in [-0.4, -0.2) is 16.3 Å². The van der Waals surface area contributed by atoms with Crippen LogP contribution in [0.2, 0.25) is 0 Å². The van der Waals surface area contributed by atoms with E-state index in [-0.39, 0.29) is 12.3 Å². The number of hydrogen-bond donors (Lipinski definition) is 0. The first-order chi connectivity index (χ1) is 20.6. The van der Waals surface area contributed by atoms with Crippen LogP contribution >= 0.6 is 0 Å². The monoisotopic (exact) mass is 559 g/mol. The maximum Gasteiger partial charge on any atom is 0.333 e. The zero-order valence-electron chi connectivity index (χ0n) is 26.2. The Bertz CT molecular complexity index is 2080. The Morgan fingerprint density at radius 1 is 0.721 bits per heavy atom. The summed E-state index contributed by atoms with van der Waals surface area (Å²) in [6, 6.07) is 32.2. The lowest BCUT2D eigenvalue weighted by Gasteiger charge is -2.41.